The lowest BCUT2D eigenvalue weighted by atomic mass is 10.0. The number of carboxylic acid groups (broad SMARTS) is 1. The van der Waals surface area contributed by atoms with Crippen molar-refractivity contribution in [3.63, 3.8) is 0 Å². The molecule has 0 aromatic carbocycles. The number of carbonyl (C=O) groups excluding carboxylic acids is 1. The molecule has 2 fully saturated rings. The van der Waals surface area contributed by atoms with Gasteiger partial charge < -0.3 is 10.0 Å². The van der Waals surface area contributed by atoms with E-state index in [2.05, 4.69) is 0 Å². The van der Waals surface area contributed by atoms with Gasteiger partial charge in [-0.2, -0.15) is 0 Å². The number of piperidine rings is 1. The zero-order chi connectivity index (χ0) is 17.0. The highest BCUT2D eigenvalue weighted by Gasteiger charge is 2.37. The number of hydrogen-bond acceptors (Lipinski definition) is 4. The summed E-state index contributed by atoms with van der Waals surface area (Å²) in [6.07, 6.45) is 4.95. The van der Waals surface area contributed by atoms with Gasteiger partial charge in [-0.15, -0.1) is 0 Å². The van der Waals surface area contributed by atoms with Crippen molar-refractivity contribution in [1.29, 1.82) is 0 Å². The molecule has 8 heteroatoms. The Kier molecular flexibility index (Phi) is 6.02. The van der Waals surface area contributed by atoms with Crippen molar-refractivity contribution in [2.45, 2.75) is 50.2 Å². The topological polar surface area (TPSA) is 95.0 Å². The van der Waals surface area contributed by atoms with Gasteiger partial charge in [-0.3, -0.25) is 9.59 Å². The number of sulfonamides is 1. The van der Waals surface area contributed by atoms with E-state index >= 15 is 0 Å². The minimum Gasteiger partial charge on any atom is -0.481 e. The Hall–Kier alpha value is -1.15. The van der Waals surface area contributed by atoms with Gasteiger partial charge in [0.2, 0.25) is 15.9 Å². The van der Waals surface area contributed by atoms with Crippen LogP contribution in [0.25, 0.3) is 0 Å². The maximum atomic E-state index is 12.6. The molecule has 2 aliphatic rings. The molecule has 1 amide bonds. The maximum absolute atomic E-state index is 12.6. The number of carbonyl (C=O) groups is 2. The van der Waals surface area contributed by atoms with Crippen LogP contribution >= 0.6 is 0 Å². The number of nitrogens with zero attached hydrogens (tertiary/aromatic N) is 2. The molecular weight excluding hydrogens is 320 g/mol. The molecule has 1 atom stereocenters. The average molecular weight is 346 g/mol. The number of hydrogen-bond donors (Lipinski definition) is 1. The van der Waals surface area contributed by atoms with Crippen molar-refractivity contribution in [3.8, 4) is 0 Å². The second kappa shape index (κ2) is 7.61. The fourth-order valence-electron chi connectivity index (χ4n) is 3.45. The van der Waals surface area contributed by atoms with Gasteiger partial charge >= 0.3 is 5.97 Å². The van der Waals surface area contributed by atoms with Gasteiger partial charge in [-0.05, 0) is 25.7 Å². The Morgan fingerprint density at radius 1 is 1.17 bits per heavy atom. The third kappa shape index (κ3) is 4.44. The van der Waals surface area contributed by atoms with Crippen LogP contribution in [0.3, 0.4) is 0 Å². The summed E-state index contributed by atoms with van der Waals surface area (Å²) in [5.74, 6) is -0.870. The number of carboxylic acids is 1. The molecular formula is C15H26N2O5S. The fraction of sp³-hybridized carbons (Fsp3) is 0.867. The van der Waals surface area contributed by atoms with Crippen LogP contribution in [0.5, 0.6) is 0 Å². The zero-order valence-corrected chi connectivity index (χ0v) is 14.4. The molecule has 0 aromatic rings. The average Bonchev–Trinajstić information content (AvgIpc) is 3.06. The molecule has 1 unspecified atom stereocenters. The number of likely N-dealkylation sites (tertiary alicyclic amines) is 1. The second-order valence-corrected chi connectivity index (χ2v) is 8.86. The Balaban J connectivity index is 1.98. The Morgan fingerprint density at radius 3 is 2.43 bits per heavy atom. The van der Waals surface area contributed by atoms with Gasteiger partial charge in [0, 0.05) is 32.6 Å². The van der Waals surface area contributed by atoms with Crippen molar-refractivity contribution in [3.05, 3.63) is 0 Å². The first-order valence-corrected chi connectivity index (χ1v) is 9.78. The molecule has 23 heavy (non-hydrogen) atoms. The van der Waals surface area contributed by atoms with E-state index in [1.54, 1.807) is 4.90 Å². The minimum absolute atomic E-state index is 0.0370. The predicted molar refractivity (Wildman–Crippen MR) is 85.4 cm³/mol. The lowest BCUT2D eigenvalue weighted by Gasteiger charge is -2.35. The van der Waals surface area contributed by atoms with Gasteiger partial charge in [0.15, 0.2) is 0 Å². The maximum Gasteiger partial charge on any atom is 0.304 e. The summed E-state index contributed by atoms with van der Waals surface area (Å²) in [6, 6.07) is 0. The van der Waals surface area contributed by atoms with Crippen LogP contribution in [0.15, 0.2) is 0 Å². The smallest absolute Gasteiger partial charge is 0.304 e. The van der Waals surface area contributed by atoms with Crippen LogP contribution in [-0.2, 0) is 19.6 Å². The van der Waals surface area contributed by atoms with E-state index in [0.717, 1.165) is 30.0 Å². The molecule has 7 nitrogen and oxygen atoms in total. The molecule has 1 saturated heterocycles. The summed E-state index contributed by atoms with van der Waals surface area (Å²) in [4.78, 5) is 24.8. The van der Waals surface area contributed by atoms with Gasteiger partial charge in [0.1, 0.15) is 0 Å². The van der Waals surface area contributed by atoms with Gasteiger partial charge in [-0.25, -0.2) is 12.7 Å². The van der Waals surface area contributed by atoms with E-state index in [0.29, 0.717) is 19.4 Å². The predicted octanol–water partition coefficient (Wildman–Crippen LogP) is 0.904. The number of aliphatic carboxylic acids is 1. The lowest BCUT2D eigenvalue weighted by molar-refractivity contribution is -0.137. The molecule has 0 radical (unpaired) electrons. The number of amides is 1. The van der Waals surface area contributed by atoms with Crippen LogP contribution in [0.4, 0.5) is 0 Å². The number of rotatable bonds is 6. The molecule has 0 spiro atoms. The molecule has 1 aliphatic heterocycles. The summed E-state index contributed by atoms with van der Waals surface area (Å²) >= 11 is 0. The van der Waals surface area contributed by atoms with Crippen molar-refractivity contribution in [1.82, 2.24) is 9.21 Å². The van der Waals surface area contributed by atoms with Crippen LogP contribution in [-0.4, -0.2) is 66.5 Å². The van der Waals surface area contributed by atoms with E-state index in [4.69, 9.17) is 5.11 Å². The molecule has 0 aromatic heterocycles. The highest BCUT2D eigenvalue weighted by atomic mass is 32.2. The molecule has 0 bridgehead atoms. The van der Waals surface area contributed by atoms with Crippen LogP contribution in [0.2, 0.25) is 0 Å². The van der Waals surface area contributed by atoms with Crippen LogP contribution < -0.4 is 0 Å². The molecule has 1 saturated carbocycles. The van der Waals surface area contributed by atoms with Crippen LogP contribution in [0, 0.1) is 5.92 Å². The van der Waals surface area contributed by atoms with Crippen molar-refractivity contribution in [2.24, 2.45) is 5.92 Å². The standard InChI is InChI=1S/C15H26N2O5S/c1-16(10-8-14(18)19)23(21,22)13-7-4-9-17(11-13)15(20)12-5-2-3-6-12/h12-13H,2-11H2,1H3,(H,18,19). The van der Waals surface area contributed by atoms with Crippen molar-refractivity contribution < 1.29 is 23.1 Å². The van der Waals surface area contributed by atoms with Gasteiger partial charge in [0.25, 0.3) is 0 Å². The molecule has 132 valence electrons. The molecule has 1 N–H and O–H groups in total. The van der Waals surface area contributed by atoms with Gasteiger partial charge in [-0.1, -0.05) is 12.8 Å². The Bertz CT molecular complexity index is 542. The van der Waals surface area contributed by atoms with E-state index in [1.807, 2.05) is 0 Å². The summed E-state index contributed by atoms with van der Waals surface area (Å²) in [5, 5.41) is 8.08. The highest BCUT2D eigenvalue weighted by molar-refractivity contribution is 7.89. The highest BCUT2D eigenvalue weighted by Crippen LogP contribution is 2.29. The first-order chi connectivity index (χ1) is 10.8. The normalized spacial score (nSPS) is 23.4. The first-order valence-electron chi connectivity index (χ1n) is 8.28. The fourth-order valence-corrected chi connectivity index (χ4v) is 5.13. The summed E-state index contributed by atoms with van der Waals surface area (Å²) in [5.41, 5.74) is 0. The zero-order valence-electron chi connectivity index (χ0n) is 13.6. The second-order valence-electron chi connectivity index (χ2n) is 6.54. The minimum atomic E-state index is -3.57. The van der Waals surface area contributed by atoms with E-state index in [9.17, 15) is 18.0 Å². The summed E-state index contributed by atoms with van der Waals surface area (Å²) in [6.45, 7) is 0.819. The summed E-state index contributed by atoms with van der Waals surface area (Å²) in [7, 11) is -2.16. The van der Waals surface area contributed by atoms with E-state index < -0.39 is 21.2 Å². The third-order valence-electron chi connectivity index (χ3n) is 4.89. The van der Waals surface area contributed by atoms with E-state index in [1.165, 1.54) is 7.05 Å². The van der Waals surface area contributed by atoms with Crippen molar-refractivity contribution >= 4 is 21.9 Å². The van der Waals surface area contributed by atoms with Crippen LogP contribution in [0.1, 0.15) is 44.9 Å². The Morgan fingerprint density at radius 2 is 1.83 bits per heavy atom. The first kappa shape index (κ1) is 18.2. The van der Waals surface area contributed by atoms with Gasteiger partial charge in [0.05, 0.1) is 11.7 Å². The molecule has 2 rings (SSSR count). The molecule has 1 heterocycles. The molecule has 1 aliphatic carbocycles. The largest absolute Gasteiger partial charge is 0.481 e. The van der Waals surface area contributed by atoms with Crippen molar-refractivity contribution in [2.75, 3.05) is 26.7 Å². The monoisotopic (exact) mass is 346 g/mol. The Labute approximate surface area is 137 Å². The third-order valence-corrected chi connectivity index (χ3v) is 7.17. The van der Waals surface area contributed by atoms with E-state index in [-0.39, 0.29) is 31.3 Å². The quantitative estimate of drug-likeness (QED) is 0.771. The summed E-state index contributed by atoms with van der Waals surface area (Å²) < 4.78 is 26.3. The lowest BCUT2D eigenvalue weighted by Crippen LogP contribution is -2.50. The SMILES string of the molecule is CN(CCC(=O)O)S(=O)(=O)C1CCCN(C(=O)C2CCCC2)C1.